The molecule has 0 aromatic heterocycles. The molecule has 1 aromatic rings. The van der Waals surface area contributed by atoms with Crippen LogP contribution >= 0.6 is 0 Å². The van der Waals surface area contributed by atoms with Crippen LogP contribution in [0, 0.1) is 5.92 Å². The van der Waals surface area contributed by atoms with Gasteiger partial charge < -0.3 is 24.8 Å². The number of amides is 2. The molecule has 7 heteroatoms. The van der Waals surface area contributed by atoms with Gasteiger partial charge in [-0.3, -0.25) is 4.79 Å². The van der Waals surface area contributed by atoms with Crippen LogP contribution in [0.3, 0.4) is 0 Å². The summed E-state index contributed by atoms with van der Waals surface area (Å²) in [4.78, 5) is 27.2. The number of likely N-dealkylation sites (tertiary alicyclic amines) is 1. The normalized spacial score (nSPS) is 19.8. The second-order valence-corrected chi connectivity index (χ2v) is 8.95. The SMILES string of the molecule is CO[C@H]([C@@H](C)C(=O)N[C@@H](CO)Cc1ccccc1)[C@@H]1CCCN1C(=O)OC(C)(C)C. The fourth-order valence-corrected chi connectivity index (χ4v) is 3.92. The summed E-state index contributed by atoms with van der Waals surface area (Å²) in [7, 11) is 1.56. The average molecular weight is 421 g/mol. The topological polar surface area (TPSA) is 88.1 Å². The standard InChI is InChI=1S/C23H36N2O5/c1-16(21(27)24-18(15-26)14-17-10-7-6-8-11-17)20(29-5)19-12-9-13-25(19)22(28)30-23(2,3)4/h6-8,10-11,16,18-20,26H,9,12-15H2,1-5H3,(H,24,27)/t16-,18-,19+,20-/m1/s1. The molecule has 1 fully saturated rings. The summed E-state index contributed by atoms with van der Waals surface area (Å²) in [5.74, 6) is -0.694. The van der Waals surface area contributed by atoms with E-state index in [1.807, 2.05) is 51.1 Å². The molecule has 7 nitrogen and oxygen atoms in total. The maximum absolute atomic E-state index is 12.9. The van der Waals surface area contributed by atoms with Crippen LogP contribution < -0.4 is 5.32 Å². The summed E-state index contributed by atoms with van der Waals surface area (Å²) >= 11 is 0. The molecular formula is C23H36N2O5. The second-order valence-electron chi connectivity index (χ2n) is 8.95. The van der Waals surface area contributed by atoms with Crippen molar-refractivity contribution in [3.05, 3.63) is 35.9 Å². The number of benzene rings is 1. The van der Waals surface area contributed by atoms with E-state index in [2.05, 4.69) is 5.32 Å². The van der Waals surface area contributed by atoms with Crippen molar-refractivity contribution in [2.75, 3.05) is 20.3 Å². The van der Waals surface area contributed by atoms with Gasteiger partial charge in [-0.1, -0.05) is 37.3 Å². The fourth-order valence-electron chi connectivity index (χ4n) is 3.92. The number of hydrogen-bond donors (Lipinski definition) is 2. The van der Waals surface area contributed by atoms with E-state index in [4.69, 9.17) is 9.47 Å². The number of ether oxygens (including phenoxy) is 2. The number of carbonyl (C=O) groups is 2. The van der Waals surface area contributed by atoms with Crippen LogP contribution in [0.4, 0.5) is 4.79 Å². The van der Waals surface area contributed by atoms with Crippen molar-refractivity contribution >= 4 is 12.0 Å². The van der Waals surface area contributed by atoms with E-state index in [1.165, 1.54) is 0 Å². The number of aliphatic hydroxyl groups is 1. The number of carbonyl (C=O) groups excluding carboxylic acids is 2. The minimum Gasteiger partial charge on any atom is -0.444 e. The molecule has 0 saturated carbocycles. The third kappa shape index (κ3) is 6.71. The van der Waals surface area contributed by atoms with Crippen LogP contribution in [0.2, 0.25) is 0 Å². The van der Waals surface area contributed by atoms with Crippen LogP contribution in [0.5, 0.6) is 0 Å². The van der Waals surface area contributed by atoms with Crippen molar-refractivity contribution < 1.29 is 24.2 Å². The highest BCUT2D eigenvalue weighted by Gasteiger charge is 2.41. The van der Waals surface area contributed by atoms with E-state index in [0.717, 1.165) is 18.4 Å². The van der Waals surface area contributed by atoms with Gasteiger partial charge in [0.25, 0.3) is 0 Å². The van der Waals surface area contributed by atoms with E-state index in [-0.39, 0.29) is 30.7 Å². The summed E-state index contributed by atoms with van der Waals surface area (Å²) < 4.78 is 11.2. The molecule has 2 rings (SSSR count). The van der Waals surface area contributed by atoms with Crippen LogP contribution in [0.15, 0.2) is 30.3 Å². The molecule has 1 aliphatic rings. The van der Waals surface area contributed by atoms with Crippen LogP contribution in [0.25, 0.3) is 0 Å². The van der Waals surface area contributed by atoms with Gasteiger partial charge >= 0.3 is 6.09 Å². The molecule has 1 aromatic carbocycles. The molecule has 0 aliphatic carbocycles. The van der Waals surface area contributed by atoms with Gasteiger partial charge in [0, 0.05) is 13.7 Å². The molecule has 30 heavy (non-hydrogen) atoms. The van der Waals surface area contributed by atoms with Gasteiger partial charge in [0.2, 0.25) is 5.91 Å². The zero-order valence-electron chi connectivity index (χ0n) is 18.8. The lowest BCUT2D eigenvalue weighted by Crippen LogP contribution is -2.52. The predicted molar refractivity (Wildman–Crippen MR) is 115 cm³/mol. The Morgan fingerprint density at radius 3 is 2.50 bits per heavy atom. The predicted octanol–water partition coefficient (Wildman–Crippen LogP) is 2.76. The first kappa shape index (κ1) is 24.2. The number of methoxy groups -OCH3 is 1. The number of rotatable bonds is 8. The molecule has 4 atom stereocenters. The van der Waals surface area contributed by atoms with Crippen molar-refractivity contribution in [1.82, 2.24) is 10.2 Å². The molecule has 1 heterocycles. The minimum absolute atomic E-state index is 0.154. The van der Waals surface area contributed by atoms with E-state index in [1.54, 1.807) is 18.9 Å². The van der Waals surface area contributed by atoms with Crippen molar-refractivity contribution in [3.63, 3.8) is 0 Å². The summed E-state index contributed by atoms with van der Waals surface area (Å²) in [6.07, 6.45) is 1.29. The molecule has 0 radical (unpaired) electrons. The Bertz CT molecular complexity index is 689. The number of nitrogens with zero attached hydrogens (tertiary/aromatic N) is 1. The summed E-state index contributed by atoms with van der Waals surface area (Å²) in [5, 5.41) is 12.7. The molecule has 2 amide bonds. The summed E-state index contributed by atoms with van der Waals surface area (Å²) in [6, 6.07) is 9.11. The monoisotopic (exact) mass is 420 g/mol. The van der Waals surface area contributed by atoms with Crippen molar-refractivity contribution in [3.8, 4) is 0 Å². The lowest BCUT2D eigenvalue weighted by atomic mass is 9.94. The van der Waals surface area contributed by atoms with Crippen LogP contribution in [-0.4, -0.2) is 66.1 Å². The zero-order chi connectivity index (χ0) is 22.3. The number of hydrogen-bond acceptors (Lipinski definition) is 5. The van der Waals surface area contributed by atoms with Gasteiger partial charge in [-0.05, 0) is 45.6 Å². The summed E-state index contributed by atoms with van der Waals surface area (Å²) in [5.41, 5.74) is 0.460. The van der Waals surface area contributed by atoms with Gasteiger partial charge in [-0.15, -0.1) is 0 Å². The lowest BCUT2D eigenvalue weighted by Gasteiger charge is -2.35. The Balaban J connectivity index is 2.03. The maximum atomic E-state index is 12.9. The Morgan fingerprint density at radius 2 is 1.93 bits per heavy atom. The summed E-state index contributed by atoms with van der Waals surface area (Å²) in [6.45, 7) is 7.73. The molecule has 0 bridgehead atoms. The molecule has 1 saturated heterocycles. The molecular weight excluding hydrogens is 384 g/mol. The lowest BCUT2D eigenvalue weighted by molar-refractivity contribution is -0.131. The van der Waals surface area contributed by atoms with Gasteiger partial charge in [0.15, 0.2) is 0 Å². The minimum atomic E-state index is -0.582. The van der Waals surface area contributed by atoms with Gasteiger partial charge in [-0.25, -0.2) is 4.79 Å². The quantitative estimate of drug-likeness (QED) is 0.675. The Morgan fingerprint density at radius 1 is 1.27 bits per heavy atom. The van der Waals surface area contributed by atoms with Crippen LogP contribution in [0.1, 0.15) is 46.1 Å². The smallest absolute Gasteiger partial charge is 0.410 e. The second kappa shape index (κ2) is 10.8. The Hall–Kier alpha value is -2.12. The molecule has 1 aliphatic heterocycles. The highest BCUT2D eigenvalue weighted by molar-refractivity contribution is 5.79. The highest BCUT2D eigenvalue weighted by atomic mass is 16.6. The molecule has 2 N–H and O–H groups in total. The van der Waals surface area contributed by atoms with E-state index < -0.39 is 17.6 Å². The third-order valence-electron chi connectivity index (χ3n) is 5.38. The zero-order valence-corrected chi connectivity index (χ0v) is 18.8. The first-order chi connectivity index (χ1) is 14.2. The first-order valence-electron chi connectivity index (χ1n) is 10.6. The van der Waals surface area contributed by atoms with Gasteiger partial charge in [0.05, 0.1) is 30.7 Å². The van der Waals surface area contributed by atoms with E-state index >= 15 is 0 Å². The Labute approximate surface area is 179 Å². The van der Waals surface area contributed by atoms with E-state index in [0.29, 0.717) is 13.0 Å². The molecule has 0 spiro atoms. The Kier molecular flexibility index (Phi) is 8.67. The molecule has 168 valence electrons. The van der Waals surface area contributed by atoms with Crippen molar-refractivity contribution in [2.45, 2.75) is 70.7 Å². The average Bonchev–Trinajstić information content (AvgIpc) is 3.17. The number of nitrogens with one attached hydrogen (secondary N) is 1. The van der Waals surface area contributed by atoms with Gasteiger partial charge in [-0.2, -0.15) is 0 Å². The maximum Gasteiger partial charge on any atom is 0.410 e. The van der Waals surface area contributed by atoms with Crippen LogP contribution in [-0.2, 0) is 20.7 Å². The number of aliphatic hydroxyl groups excluding tert-OH is 1. The first-order valence-corrected chi connectivity index (χ1v) is 10.6. The largest absolute Gasteiger partial charge is 0.444 e. The van der Waals surface area contributed by atoms with Crippen molar-refractivity contribution in [2.24, 2.45) is 5.92 Å². The fraction of sp³-hybridized carbons (Fsp3) is 0.652. The highest BCUT2D eigenvalue weighted by Crippen LogP contribution is 2.28. The van der Waals surface area contributed by atoms with Crippen molar-refractivity contribution in [1.29, 1.82) is 0 Å². The molecule has 0 unspecified atom stereocenters. The van der Waals surface area contributed by atoms with Gasteiger partial charge in [0.1, 0.15) is 5.60 Å². The third-order valence-corrected chi connectivity index (χ3v) is 5.38. The van der Waals surface area contributed by atoms with E-state index in [9.17, 15) is 14.7 Å².